The lowest BCUT2D eigenvalue weighted by Crippen LogP contribution is -2.11. The molecule has 0 saturated heterocycles. The summed E-state index contributed by atoms with van der Waals surface area (Å²) in [6, 6.07) is 1.06. The summed E-state index contributed by atoms with van der Waals surface area (Å²) >= 11 is 0. The first kappa shape index (κ1) is 12.5. The van der Waals surface area contributed by atoms with Gasteiger partial charge in [-0.05, 0) is 13.0 Å². The second-order valence-electron chi connectivity index (χ2n) is 3.18. The SMILES string of the molecule is COC(=O)Cc1c(C(F)F)cc(C)nc1F. The van der Waals surface area contributed by atoms with E-state index >= 15 is 0 Å². The van der Waals surface area contributed by atoms with Crippen LogP contribution in [0.5, 0.6) is 0 Å². The monoisotopic (exact) mass is 233 g/mol. The molecule has 0 saturated carbocycles. The lowest BCUT2D eigenvalue weighted by Gasteiger charge is -2.09. The van der Waals surface area contributed by atoms with Crippen LogP contribution in [0.15, 0.2) is 6.07 Å². The van der Waals surface area contributed by atoms with Crippen LogP contribution in [-0.4, -0.2) is 18.1 Å². The molecule has 1 aromatic rings. The average molecular weight is 233 g/mol. The number of carbonyl (C=O) groups excluding carboxylic acids is 1. The van der Waals surface area contributed by atoms with Crippen LogP contribution in [0, 0.1) is 12.9 Å². The highest BCUT2D eigenvalue weighted by Crippen LogP contribution is 2.25. The third kappa shape index (κ3) is 2.71. The van der Waals surface area contributed by atoms with E-state index in [1.54, 1.807) is 0 Å². The van der Waals surface area contributed by atoms with E-state index in [1.165, 1.54) is 6.92 Å². The first-order valence-corrected chi connectivity index (χ1v) is 4.46. The first-order chi connectivity index (χ1) is 7.45. The predicted molar refractivity (Wildman–Crippen MR) is 49.6 cm³/mol. The fraction of sp³-hybridized carbons (Fsp3) is 0.400. The summed E-state index contributed by atoms with van der Waals surface area (Å²) in [7, 11) is 1.10. The van der Waals surface area contributed by atoms with Crippen molar-refractivity contribution >= 4 is 5.97 Å². The van der Waals surface area contributed by atoms with Gasteiger partial charge in [0.15, 0.2) is 0 Å². The molecule has 0 bridgehead atoms. The number of hydrogen-bond donors (Lipinski definition) is 0. The molecule has 0 aliphatic carbocycles. The van der Waals surface area contributed by atoms with Gasteiger partial charge in [-0.2, -0.15) is 4.39 Å². The lowest BCUT2D eigenvalue weighted by atomic mass is 10.1. The van der Waals surface area contributed by atoms with Crippen LogP contribution < -0.4 is 0 Å². The Labute approximate surface area is 90.2 Å². The number of carbonyl (C=O) groups is 1. The molecule has 0 unspecified atom stereocenters. The summed E-state index contributed by atoms with van der Waals surface area (Å²) in [4.78, 5) is 14.3. The fourth-order valence-electron chi connectivity index (χ4n) is 1.27. The van der Waals surface area contributed by atoms with E-state index in [2.05, 4.69) is 9.72 Å². The van der Waals surface area contributed by atoms with Crippen molar-refractivity contribution in [2.75, 3.05) is 7.11 Å². The van der Waals surface area contributed by atoms with E-state index in [9.17, 15) is 18.0 Å². The number of pyridine rings is 1. The summed E-state index contributed by atoms with van der Waals surface area (Å²) in [6.45, 7) is 1.40. The summed E-state index contributed by atoms with van der Waals surface area (Å²) in [5.41, 5.74) is -0.788. The molecule has 0 aromatic carbocycles. The molecular weight excluding hydrogens is 223 g/mol. The van der Waals surface area contributed by atoms with Gasteiger partial charge in [-0.3, -0.25) is 4.79 Å². The molecular formula is C10H10F3NO2. The second-order valence-corrected chi connectivity index (χ2v) is 3.18. The van der Waals surface area contributed by atoms with Crippen LogP contribution in [0.4, 0.5) is 13.2 Å². The van der Waals surface area contributed by atoms with Crippen LogP contribution in [0.25, 0.3) is 0 Å². The number of halogens is 3. The fourth-order valence-corrected chi connectivity index (χ4v) is 1.27. The van der Waals surface area contributed by atoms with Crippen LogP contribution in [-0.2, 0) is 16.0 Å². The minimum Gasteiger partial charge on any atom is -0.469 e. The first-order valence-electron chi connectivity index (χ1n) is 4.46. The zero-order chi connectivity index (χ0) is 12.3. The van der Waals surface area contributed by atoms with E-state index in [-0.39, 0.29) is 5.69 Å². The Morgan fingerprint density at radius 2 is 2.19 bits per heavy atom. The number of alkyl halides is 2. The normalized spacial score (nSPS) is 10.6. The molecule has 0 aliphatic rings. The van der Waals surface area contributed by atoms with Gasteiger partial charge in [0.05, 0.1) is 13.5 Å². The summed E-state index contributed by atoms with van der Waals surface area (Å²) < 4.78 is 42.8. The molecule has 16 heavy (non-hydrogen) atoms. The topological polar surface area (TPSA) is 39.2 Å². The highest BCUT2D eigenvalue weighted by molar-refractivity contribution is 5.72. The van der Waals surface area contributed by atoms with Crippen molar-refractivity contribution in [1.29, 1.82) is 0 Å². The minimum absolute atomic E-state index is 0.140. The molecule has 0 aliphatic heterocycles. The molecule has 3 nitrogen and oxygen atoms in total. The number of methoxy groups -OCH3 is 1. The summed E-state index contributed by atoms with van der Waals surface area (Å²) in [6.07, 6.45) is -3.40. The third-order valence-corrected chi connectivity index (χ3v) is 2.02. The van der Waals surface area contributed by atoms with Gasteiger partial charge in [-0.15, -0.1) is 0 Å². The van der Waals surface area contributed by atoms with Crippen molar-refractivity contribution in [2.24, 2.45) is 0 Å². The number of aromatic nitrogens is 1. The largest absolute Gasteiger partial charge is 0.469 e. The Hall–Kier alpha value is -1.59. The third-order valence-electron chi connectivity index (χ3n) is 2.02. The van der Waals surface area contributed by atoms with E-state index in [4.69, 9.17) is 0 Å². The molecule has 0 spiro atoms. The Balaban J connectivity index is 3.19. The molecule has 88 valence electrons. The average Bonchev–Trinajstić information content (AvgIpc) is 2.20. The van der Waals surface area contributed by atoms with Crippen molar-refractivity contribution in [3.8, 4) is 0 Å². The van der Waals surface area contributed by atoms with Crippen molar-refractivity contribution < 1.29 is 22.7 Å². The number of ether oxygens (including phenoxy) is 1. The van der Waals surface area contributed by atoms with Crippen LogP contribution >= 0.6 is 0 Å². The van der Waals surface area contributed by atoms with E-state index in [1.807, 2.05) is 0 Å². The second kappa shape index (κ2) is 4.96. The molecule has 6 heteroatoms. The lowest BCUT2D eigenvalue weighted by molar-refractivity contribution is -0.139. The van der Waals surface area contributed by atoms with Crippen LogP contribution in [0.2, 0.25) is 0 Å². The van der Waals surface area contributed by atoms with Gasteiger partial charge in [0.2, 0.25) is 5.95 Å². The van der Waals surface area contributed by atoms with Gasteiger partial charge in [0.25, 0.3) is 6.43 Å². The Morgan fingerprint density at radius 1 is 1.56 bits per heavy atom. The molecule has 0 radical (unpaired) electrons. The van der Waals surface area contributed by atoms with Crippen molar-refractivity contribution in [2.45, 2.75) is 19.8 Å². The Morgan fingerprint density at radius 3 is 2.69 bits per heavy atom. The maximum absolute atomic E-state index is 13.3. The van der Waals surface area contributed by atoms with Gasteiger partial charge in [-0.25, -0.2) is 13.8 Å². The van der Waals surface area contributed by atoms with Crippen molar-refractivity contribution in [1.82, 2.24) is 4.98 Å². The zero-order valence-electron chi connectivity index (χ0n) is 8.76. The molecule has 0 N–H and O–H groups in total. The van der Waals surface area contributed by atoms with Gasteiger partial charge in [-0.1, -0.05) is 0 Å². The number of nitrogens with zero attached hydrogens (tertiary/aromatic N) is 1. The van der Waals surface area contributed by atoms with E-state index < -0.39 is 35.9 Å². The van der Waals surface area contributed by atoms with Gasteiger partial charge >= 0.3 is 5.97 Å². The molecule has 0 amide bonds. The van der Waals surface area contributed by atoms with Crippen LogP contribution in [0.1, 0.15) is 23.2 Å². The van der Waals surface area contributed by atoms with Crippen molar-refractivity contribution in [3.63, 3.8) is 0 Å². The quantitative estimate of drug-likeness (QED) is 0.593. The number of aryl methyl sites for hydroxylation is 1. The maximum Gasteiger partial charge on any atom is 0.310 e. The molecule has 1 aromatic heterocycles. The smallest absolute Gasteiger partial charge is 0.310 e. The molecule has 0 fully saturated rings. The standard InChI is InChI=1S/C10H10F3NO2/c1-5-3-6(9(11)12)7(10(13)14-5)4-8(15)16-2/h3,9H,4H2,1-2H3. The van der Waals surface area contributed by atoms with E-state index in [0.717, 1.165) is 13.2 Å². The number of hydrogen-bond acceptors (Lipinski definition) is 3. The number of esters is 1. The molecule has 1 heterocycles. The molecule has 0 atom stereocenters. The van der Waals surface area contributed by atoms with Crippen molar-refractivity contribution in [3.05, 3.63) is 28.8 Å². The van der Waals surface area contributed by atoms with E-state index in [0.29, 0.717) is 0 Å². The van der Waals surface area contributed by atoms with Gasteiger partial charge < -0.3 is 4.74 Å². The Kier molecular flexibility index (Phi) is 3.87. The summed E-state index contributed by atoms with van der Waals surface area (Å²) in [5, 5.41) is 0. The molecule has 1 rings (SSSR count). The predicted octanol–water partition coefficient (Wildman–Crippen LogP) is 2.18. The van der Waals surface area contributed by atoms with Gasteiger partial charge in [0.1, 0.15) is 0 Å². The maximum atomic E-state index is 13.3. The van der Waals surface area contributed by atoms with Gasteiger partial charge in [0, 0.05) is 16.8 Å². The Bertz CT molecular complexity index is 407. The minimum atomic E-state index is -2.85. The number of rotatable bonds is 3. The highest BCUT2D eigenvalue weighted by Gasteiger charge is 2.21. The van der Waals surface area contributed by atoms with Crippen LogP contribution in [0.3, 0.4) is 0 Å². The zero-order valence-corrected chi connectivity index (χ0v) is 8.76. The highest BCUT2D eigenvalue weighted by atomic mass is 19.3. The summed E-state index contributed by atoms with van der Waals surface area (Å²) in [5.74, 6) is -1.84.